The predicted octanol–water partition coefficient (Wildman–Crippen LogP) is 1.40. The third kappa shape index (κ3) is 3.91. The average Bonchev–Trinajstić information content (AvgIpc) is 2.84. The number of carbonyl (C=O) groups is 4. The van der Waals surface area contributed by atoms with Gasteiger partial charge >= 0.3 is 5.97 Å². The Balaban J connectivity index is 1.89. The summed E-state index contributed by atoms with van der Waals surface area (Å²) < 4.78 is 18.3. The van der Waals surface area contributed by atoms with E-state index in [0.717, 1.165) is 6.07 Å². The van der Waals surface area contributed by atoms with Crippen LogP contribution in [-0.2, 0) is 19.2 Å². The second kappa shape index (κ2) is 6.99. The number of imide groups is 1. The van der Waals surface area contributed by atoms with Gasteiger partial charge in [0.25, 0.3) is 11.8 Å². The van der Waals surface area contributed by atoms with E-state index < -0.39 is 29.4 Å². The molecule has 0 aliphatic carbocycles. The number of amides is 2. The van der Waals surface area contributed by atoms with Gasteiger partial charge in [-0.05, 0) is 18.2 Å². The molecule has 8 heteroatoms. The zero-order valence-corrected chi connectivity index (χ0v) is 12.3. The summed E-state index contributed by atoms with van der Waals surface area (Å²) in [5, 5.41) is 0.417. The van der Waals surface area contributed by atoms with Crippen LogP contribution in [0.2, 0.25) is 0 Å². The largest absolute Gasteiger partial charge is 0.494 e. The normalized spacial score (nSPS) is 14.1. The van der Waals surface area contributed by atoms with Crippen molar-refractivity contribution in [2.45, 2.75) is 25.7 Å². The first-order valence-electron chi connectivity index (χ1n) is 6.85. The van der Waals surface area contributed by atoms with Crippen molar-refractivity contribution in [3.05, 3.63) is 29.6 Å². The third-order valence-corrected chi connectivity index (χ3v) is 3.23. The maximum absolute atomic E-state index is 13.5. The van der Waals surface area contributed by atoms with Crippen LogP contribution in [0.5, 0.6) is 5.75 Å². The first-order chi connectivity index (χ1) is 10.9. The molecular formula is C15H14FNO6. The Morgan fingerprint density at radius 1 is 1.17 bits per heavy atom. The summed E-state index contributed by atoms with van der Waals surface area (Å²) >= 11 is 0. The molecule has 0 aromatic heterocycles. The molecule has 0 atom stereocenters. The molecule has 0 saturated carbocycles. The minimum Gasteiger partial charge on any atom is -0.494 e. The monoisotopic (exact) mass is 323 g/mol. The molecule has 1 aliphatic rings. The van der Waals surface area contributed by atoms with Crippen molar-refractivity contribution >= 4 is 23.6 Å². The Morgan fingerprint density at radius 3 is 2.39 bits per heavy atom. The van der Waals surface area contributed by atoms with Crippen molar-refractivity contribution in [2.75, 3.05) is 7.11 Å². The second-order valence-corrected chi connectivity index (χ2v) is 4.82. The van der Waals surface area contributed by atoms with Crippen LogP contribution < -0.4 is 4.74 Å². The molecule has 1 aliphatic heterocycles. The van der Waals surface area contributed by atoms with E-state index in [4.69, 9.17) is 4.74 Å². The number of nitrogens with zero attached hydrogens (tertiary/aromatic N) is 1. The highest BCUT2D eigenvalue weighted by Crippen LogP contribution is 2.19. The SMILES string of the molecule is COc1ccc(C(=O)CCC(=O)ON2C(=O)CCC2=O)cc1F. The van der Waals surface area contributed by atoms with Gasteiger partial charge < -0.3 is 9.57 Å². The van der Waals surface area contributed by atoms with E-state index in [1.807, 2.05) is 0 Å². The molecule has 1 heterocycles. The van der Waals surface area contributed by atoms with Crippen molar-refractivity contribution in [3.63, 3.8) is 0 Å². The number of hydrogen-bond donors (Lipinski definition) is 0. The summed E-state index contributed by atoms with van der Waals surface area (Å²) in [7, 11) is 1.30. The summed E-state index contributed by atoms with van der Waals surface area (Å²) in [4.78, 5) is 50.7. The van der Waals surface area contributed by atoms with Gasteiger partial charge in [0.15, 0.2) is 17.3 Å². The smallest absolute Gasteiger partial charge is 0.333 e. The van der Waals surface area contributed by atoms with Crippen molar-refractivity contribution < 1.29 is 33.1 Å². The fourth-order valence-corrected chi connectivity index (χ4v) is 2.01. The first kappa shape index (κ1) is 16.6. The van der Waals surface area contributed by atoms with Gasteiger partial charge in [-0.1, -0.05) is 0 Å². The number of ketones is 1. The van der Waals surface area contributed by atoms with E-state index in [1.54, 1.807) is 0 Å². The molecule has 0 spiro atoms. The Labute approximate surface area is 130 Å². The molecule has 0 N–H and O–H groups in total. The van der Waals surface area contributed by atoms with Crippen LogP contribution in [0, 0.1) is 5.82 Å². The molecule has 0 radical (unpaired) electrons. The number of benzene rings is 1. The number of methoxy groups -OCH3 is 1. The van der Waals surface area contributed by atoms with E-state index >= 15 is 0 Å². The summed E-state index contributed by atoms with van der Waals surface area (Å²) in [6.45, 7) is 0. The number of carbonyl (C=O) groups excluding carboxylic acids is 4. The zero-order valence-electron chi connectivity index (χ0n) is 12.3. The number of rotatable bonds is 6. The Hall–Kier alpha value is -2.77. The van der Waals surface area contributed by atoms with E-state index in [0.29, 0.717) is 5.06 Å². The highest BCUT2D eigenvalue weighted by Gasteiger charge is 2.32. The minimum absolute atomic E-state index is 0.00380. The van der Waals surface area contributed by atoms with Crippen LogP contribution in [0.25, 0.3) is 0 Å². The number of hydrogen-bond acceptors (Lipinski definition) is 6. The average molecular weight is 323 g/mol. The fourth-order valence-electron chi connectivity index (χ4n) is 2.01. The quantitative estimate of drug-likeness (QED) is 0.581. The van der Waals surface area contributed by atoms with Gasteiger partial charge in [0.2, 0.25) is 0 Å². The van der Waals surface area contributed by atoms with Gasteiger partial charge in [0, 0.05) is 24.8 Å². The number of Topliss-reactive ketones (excluding diaryl/α,β-unsaturated/α-hetero) is 1. The number of hydroxylamine groups is 2. The molecule has 2 rings (SSSR count). The minimum atomic E-state index is -0.879. The highest BCUT2D eigenvalue weighted by atomic mass is 19.1. The van der Waals surface area contributed by atoms with Crippen molar-refractivity contribution in [1.82, 2.24) is 5.06 Å². The molecule has 1 fully saturated rings. The lowest BCUT2D eigenvalue weighted by atomic mass is 10.1. The van der Waals surface area contributed by atoms with Crippen LogP contribution in [0.1, 0.15) is 36.0 Å². The molecule has 122 valence electrons. The second-order valence-electron chi connectivity index (χ2n) is 4.82. The molecule has 7 nitrogen and oxygen atoms in total. The van der Waals surface area contributed by atoms with Gasteiger partial charge in [0.1, 0.15) is 0 Å². The predicted molar refractivity (Wildman–Crippen MR) is 73.7 cm³/mol. The lowest BCUT2D eigenvalue weighted by molar-refractivity contribution is -0.197. The van der Waals surface area contributed by atoms with Gasteiger partial charge in [-0.3, -0.25) is 14.4 Å². The van der Waals surface area contributed by atoms with E-state index in [-0.39, 0.29) is 37.0 Å². The van der Waals surface area contributed by atoms with Gasteiger partial charge in [-0.15, -0.1) is 5.06 Å². The van der Waals surface area contributed by atoms with Gasteiger partial charge in [0.05, 0.1) is 13.5 Å². The van der Waals surface area contributed by atoms with E-state index in [9.17, 15) is 23.6 Å². The summed E-state index contributed by atoms with van der Waals surface area (Å²) in [6, 6.07) is 3.70. The Morgan fingerprint density at radius 2 is 1.83 bits per heavy atom. The van der Waals surface area contributed by atoms with Gasteiger partial charge in [-0.2, -0.15) is 0 Å². The Kier molecular flexibility index (Phi) is 5.05. The molecular weight excluding hydrogens is 309 g/mol. The summed E-state index contributed by atoms with van der Waals surface area (Å²) in [5.41, 5.74) is 0.0874. The highest BCUT2D eigenvalue weighted by molar-refractivity contribution is 6.02. The molecule has 0 unspecified atom stereocenters. The maximum Gasteiger partial charge on any atom is 0.333 e. The fraction of sp³-hybridized carbons (Fsp3) is 0.333. The molecule has 0 bridgehead atoms. The van der Waals surface area contributed by atoms with Crippen molar-refractivity contribution in [3.8, 4) is 5.75 Å². The lowest BCUT2D eigenvalue weighted by Crippen LogP contribution is -2.32. The van der Waals surface area contributed by atoms with Crippen LogP contribution in [0.15, 0.2) is 18.2 Å². The molecule has 2 amide bonds. The first-order valence-corrected chi connectivity index (χ1v) is 6.85. The number of halogens is 1. The van der Waals surface area contributed by atoms with Crippen molar-refractivity contribution in [2.24, 2.45) is 0 Å². The van der Waals surface area contributed by atoms with Crippen LogP contribution >= 0.6 is 0 Å². The summed E-state index contributed by atoms with van der Waals surface area (Å²) in [6.07, 6.45) is -0.573. The number of ether oxygens (including phenoxy) is 1. The van der Waals surface area contributed by atoms with Gasteiger partial charge in [-0.25, -0.2) is 9.18 Å². The maximum atomic E-state index is 13.5. The standard InChI is InChI=1S/C15H14FNO6/c1-22-12-4-2-9(8-10(12)16)11(18)3-7-15(21)23-17-13(19)5-6-14(17)20/h2,4,8H,3,5-7H2,1H3. The topological polar surface area (TPSA) is 90.0 Å². The van der Waals surface area contributed by atoms with Crippen LogP contribution in [0.3, 0.4) is 0 Å². The van der Waals surface area contributed by atoms with E-state index in [1.165, 1.54) is 19.2 Å². The Bertz CT molecular complexity index is 656. The summed E-state index contributed by atoms with van der Waals surface area (Å²) in [5.74, 6) is -3.21. The van der Waals surface area contributed by atoms with E-state index in [2.05, 4.69) is 4.84 Å². The van der Waals surface area contributed by atoms with Crippen molar-refractivity contribution in [1.29, 1.82) is 0 Å². The van der Waals surface area contributed by atoms with Crippen LogP contribution in [-0.4, -0.2) is 35.7 Å². The van der Waals surface area contributed by atoms with Crippen LogP contribution in [0.4, 0.5) is 4.39 Å². The molecule has 1 aromatic rings. The zero-order chi connectivity index (χ0) is 17.0. The molecule has 1 saturated heterocycles. The lowest BCUT2D eigenvalue weighted by Gasteiger charge is -2.12. The third-order valence-electron chi connectivity index (χ3n) is 3.23. The molecule has 23 heavy (non-hydrogen) atoms. The molecule has 1 aromatic carbocycles.